The molecule has 1 saturated heterocycles. The minimum Gasteiger partial charge on any atom is -0.339 e. The summed E-state index contributed by atoms with van der Waals surface area (Å²) >= 11 is 0. The zero-order chi connectivity index (χ0) is 17.2. The number of aromatic nitrogens is 3. The van der Waals surface area contributed by atoms with Gasteiger partial charge in [0.25, 0.3) is 0 Å². The zero-order valence-corrected chi connectivity index (χ0v) is 12.8. The average molecular weight is 339 g/mol. The van der Waals surface area contributed by atoms with Crippen molar-refractivity contribution in [2.45, 2.75) is 12.6 Å². The van der Waals surface area contributed by atoms with E-state index in [4.69, 9.17) is 0 Å². The number of amides is 1. The summed E-state index contributed by atoms with van der Waals surface area (Å²) in [6.07, 6.45) is -3.30. The summed E-state index contributed by atoms with van der Waals surface area (Å²) in [4.78, 5) is 19.9. The molecule has 1 fully saturated rings. The van der Waals surface area contributed by atoms with Gasteiger partial charge in [-0.05, 0) is 11.6 Å². The van der Waals surface area contributed by atoms with Crippen molar-refractivity contribution in [1.29, 1.82) is 0 Å². The van der Waals surface area contributed by atoms with Crippen molar-refractivity contribution in [3.05, 3.63) is 41.7 Å². The van der Waals surface area contributed by atoms with Gasteiger partial charge in [0.05, 0.1) is 12.0 Å². The molecule has 1 aliphatic rings. The van der Waals surface area contributed by atoms with Gasteiger partial charge in [-0.3, -0.25) is 4.79 Å². The number of benzene rings is 1. The number of alkyl halides is 3. The van der Waals surface area contributed by atoms with Gasteiger partial charge in [-0.1, -0.05) is 18.2 Å². The lowest BCUT2D eigenvalue weighted by Crippen LogP contribution is -2.49. The Morgan fingerprint density at radius 3 is 2.50 bits per heavy atom. The largest absolute Gasteiger partial charge is 0.416 e. The Hall–Kier alpha value is -2.58. The fourth-order valence-corrected chi connectivity index (χ4v) is 2.74. The quantitative estimate of drug-likeness (QED) is 0.925. The Kier molecular flexibility index (Phi) is 4.41. The van der Waals surface area contributed by atoms with Gasteiger partial charge in [-0.25, -0.2) is 5.10 Å². The Morgan fingerprint density at radius 1 is 1.17 bits per heavy atom. The number of hydrogen-bond donors (Lipinski definition) is 1. The van der Waals surface area contributed by atoms with Gasteiger partial charge < -0.3 is 9.80 Å². The summed E-state index contributed by atoms with van der Waals surface area (Å²) in [5, 5.41) is 6.53. The molecule has 1 N–H and O–H groups in total. The van der Waals surface area contributed by atoms with Gasteiger partial charge in [-0.15, -0.1) is 0 Å². The zero-order valence-electron chi connectivity index (χ0n) is 12.8. The van der Waals surface area contributed by atoms with Gasteiger partial charge in [0.15, 0.2) is 0 Å². The summed E-state index contributed by atoms with van der Waals surface area (Å²) in [5.41, 5.74) is -0.744. The molecule has 1 aliphatic heterocycles. The summed E-state index contributed by atoms with van der Waals surface area (Å²) < 4.78 is 39.0. The summed E-state index contributed by atoms with van der Waals surface area (Å²) in [7, 11) is 0. The number of aromatic amines is 1. The molecule has 2 aromatic rings. The second-order valence-corrected chi connectivity index (χ2v) is 5.51. The van der Waals surface area contributed by atoms with Gasteiger partial charge in [0.1, 0.15) is 6.33 Å². The Balaban J connectivity index is 1.63. The van der Waals surface area contributed by atoms with Gasteiger partial charge in [-0.2, -0.15) is 23.3 Å². The third-order valence-electron chi connectivity index (χ3n) is 4.00. The van der Waals surface area contributed by atoms with Gasteiger partial charge in [0.2, 0.25) is 11.9 Å². The first-order chi connectivity index (χ1) is 11.4. The number of nitrogens with zero attached hydrogens (tertiary/aromatic N) is 4. The van der Waals surface area contributed by atoms with E-state index >= 15 is 0 Å². The van der Waals surface area contributed by atoms with Crippen LogP contribution in [0.25, 0.3) is 0 Å². The number of carbonyl (C=O) groups is 1. The number of anilines is 1. The first kappa shape index (κ1) is 16.3. The van der Waals surface area contributed by atoms with E-state index in [1.165, 1.54) is 24.5 Å². The molecule has 1 aromatic heterocycles. The van der Waals surface area contributed by atoms with E-state index in [1.807, 2.05) is 4.90 Å². The maximum absolute atomic E-state index is 13.0. The van der Waals surface area contributed by atoms with E-state index in [0.717, 1.165) is 6.07 Å². The predicted octanol–water partition coefficient (Wildman–Crippen LogP) is 1.71. The van der Waals surface area contributed by atoms with Crippen LogP contribution in [0.5, 0.6) is 0 Å². The maximum Gasteiger partial charge on any atom is 0.416 e. The van der Waals surface area contributed by atoms with Crippen LogP contribution in [-0.4, -0.2) is 52.2 Å². The molecule has 0 atom stereocenters. The van der Waals surface area contributed by atoms with Crippen LogP contribution in [-0.2, 0) is 17.4 Å². The molecular weight excluding hydrogens is 323 g/mol. The molecule has 0 saturated carbocycles. The van der Waals surface area contributed by atoms with Crippen LogP contribution in [0.2, 0.25) is 0 Å². The highest BCUT2D eigenvalue weighted by atomic mass is 19.4. The number of H-pyrrole nitrogens is 1. The van der Waals surface area contributed by atoms with E-state index in [2.05, 4.69) is 15.2 Å². The Morgan fingerprint density at radius 2 is 1.88 bits per heavy atom. The first-order valence-electron chi connectivity index (χ1n) is 7.48. The van der Waals surface area contributed by atoms with Crippen LogP contribution >= 0.6 is 0 Å². The average Bonchev–Trinajstić information content (AvgIpc) is 3.09. The number of carbonyl (C=O) groups excluding carboxylic acids is 1. The van der Waals surface area contributed by atoms with Crippen molar-refractivity contribution >= 4 is 11.9 Å². The fraction of sp³-hybridized carbons (Fsp3) is 0.400. The number of rotatable bonds is 3. The van der Waals surface area contributed by atoms with Crippen molar-refractivity contribution in [2.24, 2.45) is 0 Å². The SMILES string of the molecule is O=C(Cc1ccccc1C(F)(F)F)N1CCN(c2ncn[nH]2)CC1. The number of halogens is 3. The molecule has 0 spiro atoms. The van der Waals surface area contributed by atoms with Gasteiger partial charge in [0, 0.05) is 26.2 Å². The fourth-order valence-electron chi connectivity index (χ4n) is 2.74. The van der Waals surface area contributed by atoms with E-state index < -0.39 is 11.7 Å². The molecule has 6 nitrogen and oxygen atoms in total. The highest BCUT2D eigenvalue weighted by molar-refractivity contribution is 5.79. The minimum atomic E-state index is -4.46. The van der Waals surface area contributed by atoms with E-state index in [9.17, 15) is 18.0 Å². The molecule has 0 aliphatic carbocycles. The molecule has 0 bridgehead atoms. The third-order valence-corrected chi connectivity index (χ3v) is 4.00. The van der Waals surface area contributed by atoms with Crippen molar-refractivity contribution in [1.82, 2.24) is 20.1 Å². The number of nitrogens with one attached hydrogen (secondary N) is 1. The molecular formula is C15H16F3N5O. The molecule has 0 radical (unpaired) electrons. The molecule has 9 heteroatoms. The van der Waals surface area contributed by atoms with Crippen LogP contribution < -0.4 is 4.90 Å². The number of piperazine rings is 1. The molecule has 3 rings (SSSR count). The van der Waals surface area contributed by atoms with Crippen LogP contribution in [0.15, 0.2) is 30.6 Å². The molecule has 2 heterocycles. The standard InChI is InChI=1S/C15H16F3N5O/c16-15(17,18)12-4-2-1-3-11(12)9-13(24)22-5-7-23(8-6-22)14-19-10-20-21-14/h1-4,10H,5-9H2,(H,19,20,21). The van der Waals surface area contributed by atoms with Crippen LogP contribution in [0.1, 0.15) is 11.1 Å². The Labute approximate surface area is 136 Å². The van der Waals surface area contributed by atoms with E-state index in [1.54, 1.807) is 4.90 Å². The number of hydrogen-bond acceptors (Lipinski definition) is 4. The summed E-state index contributed by atoms with van der Waals surface area (Å²) in [5.74, 6) is 0.327. The molecule has 1 aromatic carbocycles. The smallest absolute Gasteiger partial charge is 0.339 e. The predicted molar refractivity (Wildman–Crippen MR) is 80.3 cm³/mol. The monoisotopic (exact) mass is 339 g/mol. The molecule has 24 heavy (non-hydrogen) atoms. The van der Waals surface area contributed by atoms with Crippen molar-refractivity contribution in [3.8, 4) is 0 Å². The maximum atomic E-state index is 13.0. The Bertz CT molecular complexity index is 693. The molecule has 128 valence electrons. The second kappa shape index (κ2) is 6.50. The van der Waals surface area contributed by atoms with Crippen LogP contribution in [0.4, 0.5) is 19.1 Å². The van der Waals surface area contributed by atoms with Crippen molar-refractivity contribution in [2.75, 3.05) is 31.1 Å². The summed E-state index contributed by atoms with van der Waals surface area (Å²) in [6, 6.07) is 5.20. The van der Waals surface area contributed by atoms with E-state index in [0.29, 0.717) is 32.1 Å². The topological polar surface area (TPSA) is 65.1 Å². The lowest BCUT2D eigenvalue weighted by Gasteiger charge is -2.34. The normalized spacial score (nSPS) is 15.6. The van der Waals surface area contributed by atoms with Crippen LogP contribution in [0.3, 0.4) is 0 Å². The summed E-state index contributed by atoms with van der Waals surface area (Å²) in [6.45, 7) is 1.99. The first-order valence-corrected chi connectivity index (χ1v) is 7.48. The van der Waals surface area contributed by atoms with E-state index in [-0.39, 0.29) is 17.9 Å². The third kappa shape index (κ3) is 3.50. The molecule has 0 unspecified atom stereocenters. The van der Waals surface area contributed by atoms with Gasteiger partial charge >= 0.3 is 6.18 Å². The lowest BCUT2D eigenvalue weighted by atomic mass is 10.0. The van der Waals surface area contributed by atoms with Crippen molar-refractivity contribution < 1.29 is 18.0 Å². The highest BCUT2D eigenvalue weighted by Crippen LogP contribution is 2.32. The lowest BCUT2D eigenvalue weighted by molar-refractivity contribution is -0.138. The highest BCUT2D eigenvalue weighted by Gasteiger charge is 2.34. The van der Waals surface area contributed by atoms with Crippen molar-refractivity contribution in [3.63, 3.8) is 0 Å². The van der Waals surface area contributed by atoms with Crippen LogP contribution in [0, 0.1) is 0 Å². The minimum absolute atomic E-state index is 0.00710. The second-order valence-electron chi connectivity index (χ2n) is 5.51. The molecule has 1 amide bonds.